The monoisotopic (exact) mass is 471 g/mol. The van der Waals surface area contributed by atoms with Crippen molar-refractivity contribution in [2.24, 2.45) is 5.73 Å². The third kappa shape index (κ3) is 4.34. The molecule has 7 nitrogen and oxygen atoms in total. The lowest BCUT2D eigenvalue weighted by Crippen LogP contribution is -2.45. The van der Waals surface area contributed by atoms with Gasteiger partial charge in [-0.3, -0.25) is 14.6 Å². The second-order valence-corrected chi connectivity index (χ2v) is 9.29. The van der Waals surface area contributed by atoms with Crippen LogP contribution in [-0.2, 0) is 16.6 Å². The van der Waals surface area contributed by atoms with E-state index in [2.05, 4.69) is 10.3 Å². The van der Waals surface area contributed by atoms with Gasteiger partial charge in [-0.05, 0) is 42.2 Å². The summed E-state index contributed by atoms with van der Waals surface area (Å²) in [4.78, 5) is 29.2. The number of ether oxygens (including phenoxy) is 2. The third-order valence-electron chi connectivity index (χ3n) is 7.19. The highest BCUT2D eigenvalue weighted by Crippen LogP contribution is 2.42. The molecule has 35 heavy (non-hydrogen) atoms. The first kappa shape index (κ1) is 22.9. The molecule has 0 unspecified atom stereocenters. The Labute approximate surface area is 204 Å². The molecule has 3 N–H and O–H groups in total. The molecule has 5 rings (SSSR count). The average Bonchev–Trinajstić information content (AvgIpc) is 3.55. The molecular weight excluding hydrogens is 442 g/mol. The van der Waals surface area contributed by atoms with Gasteiger partial charge in [0.1, 0.15) is 17.6 Å². The van der Waals surface area contributed by atoms with Gasteiger partial charge in [-0.2, -0.15) is 0 Å². The van der Waals surface area contributed by atoms with E-state index in [0.717, 1.165) is 59.4 Å². The zero-order valence-electron chi connectivity index (χ0n) is 19.8. The summed E-state index contributed by atoms with van der Waals surface area (Å²) in [6.07, 6.45) is 7.42. The minimum atomic E-state index is -0.522. The number of hydrogen-bond donors (Lipinski definition) is 2. The normalized spacial score (nSPS) is 17.9. The highest BCUT2D eigenvalue weighted by Gasteiger charge is 2.43. The summed E-state index contributed by atoms with van der Waals surface area (Å²) in [6, 6.07) is 15.5. The van der Waals surface area contributed by atoms with Crippen LogP contribution in [0.3, 0.4) is 0 Å². The summed E-state index contributed by atoms with van der Waals surface area (Å²) in [5.74, 6) is 1.08. The average molecular weight is 472 g/mol. The number of aromatic nitrogens is 1. The van der Waals surface area contributed by atoms with Crippen molar-refractivity contribution in [1.29, 1.82) is 0 Å². The van der Waals surface area contributed by atoms with Crippen molar-refractivity contribution in [3.63, 3.8) is 0 Å². The number of methoxy groups -OCH3 is 1. The molecule has 7 heteroatoms. The topological polar surface area (TPSA) is 104 Å². The van der Waals surface area contributed by atoms with Gasteiger partial charge >= 0.3 is 0 Å². The van der Waals surface area contributed by atoms with Gasteiger partial charge in [-0.1, -0.05) is 43.2 Å². The molecule has 2 aliphatic rings. The molecule has 1 aliphatic carbocycles. The van der Waals surface area contributed by atoms with Gasteiger partial charge < -0.3 is 20.5 Å². The fourth-order valence-corrected chi connectivity index (χ4v) is 5.31. The second kappa shape index (κ2) is 9.41. The number of hydrogen-bond acceptors (Lipinski definition) is 5. The maximum Gasteiger partial charge on any atom is 0.250 e. The number of carbonyl (C=O) groups excluding carboxylic acids is 2. The number of amides is 2. The maximum absolute atomic E-state index is 13.5. The molecule has 3 aromatic rings. The number of benzene rings is 2. The fraction of sp³-hybridized carbons (Fsp3) is 0.321. The van der Waals surface area contributed by atoms with Crippen LogP contribution in [0, 0.1) is 0 Å². The van der Waals surface area contributed by atoms with Crippen molar-refractivity contribution in [2.45, 2.75) is 43.6 Å². The summed E-state index contributed by atoms with van der Waals surface area (Å²) in [5, 5.41) is 3.18. The van der Waals surface area contributed by atoms with Crippen molar-refractivity contribution < 1.29 is 19.1 Å². The summed E-state index contributed by atoms with van der Waals surface area (Å²) in [5.41, 5.74) is 9.00. The van der Waals surface area contributed by atoms with E-state index in [0.29, 0.717) is 18.5 Å². The first-order valence-corrected chi connectivity index (χ1v) is 12.0. The Bertz CT molecular complexity index is 1250. The van der Waals surface area contributed by atoms with E-state index in [1.165, 1.54) is 6.20 Å². The lowest BCUT2D eigenvalue weighted by Gasteiger charge is -2.29. The van der Waals surface area contributed by atoms with Crippen molar-refractivity contribution in [3.8, 4) is 22.6 Å². The molecule has 180 valence electrons. The zero-order valence-corrected chi connectivity index (χ0v) is 19.8. The molecule has 2 heterocycles. The standard InChI is InChI=1S/C28H29N3O4/c1-34-22-9-7-21(8-10-22)28(11-2-3-12-28)27(33)31-17-23-14-18-5-4-6-24(25(18)35-23)19-13-20(26(29)32)16-30-15-19/h4-10,13,15-16,23H,2-3,11-12,14,17H2,1H3,(H2,29,32)(H,31,33)/t23-/m1/s1. The number of nitrogens with one attached hydrogen (secondary N) is 1. The summed E-state index contributed by atoms with van der Waals surface area (Å²) >= 11 is 0. The SMILES string of the molecule is COc1ccc(C2(C(=O)NC[C@H]3Cc4cccc(-c5cncc(C(N)=O)c5)c4O3)CCCC2)cc1. The predicted octanol–water partition coefficient (Wildman–Crippen LogP) is 3.79. The van der Waals surface area contributed by atoms with Gasteiger partial charge in [0.15, 0.2) is 0 Å². The molecular formula is C28H29N3O4. The lowest BCUT2D eigenvalue weighted by molar-refractivity contribution is -0.127. The predicted molar refractivity (Wildman–Crippen MR) is 132 cm³/mol. The van der Waals surface area contributed by atoms with E-state index in [1.807, 2.05) is 42.5 Å². The molecule has 2 aromatic carbocycles. The minimum Gasteiger partial charge on any atom is -0.497 e. The van der Waals surface area contributed by atoms with Gasteiger partial charge in [0, 0.05) is 29.9 Å². The van der Waals surface area contributed by atoms with Gasteiger partial charge in [0.2, 0.25) is 11.8 Å². The summed E-state index contributed by atoms with van der Waals surface area (Å²) in [7, 11) is 1.64. The van der Waals surface area contributed by atoms with Crippen LogP contribution in [0.4, 0.5) is 0 Å². The van der Waals surface area contributed by atoms with Crippen LogP contribution in [-0.4, -0.2) is 36.6 Å². The van der Waals surface area contributed by atoms with Gasteiger partial charge in [-0.15, -0.1) is 0 Å². The largest absolute Gasteiger partial charge is 0.497 e. The molecule has 0 bridgehead atoms. The number of pyridine rings is 1. The summed E-state index contributed by atoms with van der Waals surface area (Å²) < 4.78 is 11.6. The van der Waals surface area contributed by atoms with Crippen LogP contribution < -0.4 is 20.5 Å². The van der Waals surface area contributed by atoms with E-state index in [9.17, 15) is 9.59 Å². The van der Waals surface area contributed by atoms with Crippen molar-refractivity contribution in [3.05, 3.63) is 77.6 Å². The fourth-order valence-electron chi connectivity index (χ4n) is 5.31. The maximum atomic E-state index is 13.5. The number of para-hydroxylation sites is 1. The Morgan fingerprint density at radius 2 is 1.91 bits per heavy atom. The molecule has 1 saturated carbocycles. The van der Waals surface area contributed by atoms with E-state index in [1.54, 1.807) is 19.4 Å². The van der Waals surface area contributed by atoms with E-state index >= 15 is 0 Å². The van der Waals surface area contributed by atoms with Gasteiger partial charge in [0.25, 0.3) is 0 Å². The first-order chi connectivity index (χ1) is 17.0. The van der Waals surface area contributed by atoms with Crippen LogP contribution >= 0.6 is 0 Å². The van der Waals surface area contributed by atoms with Crippen molar-refractivity contribution >= 4 is 11.8 Å². The lowest BCUT2D eigenvalue weighted by atomic mass is 9.78. The molecule has 0 saturated heterocycles. The molecule has 0 spiro atoms. The van der Waals surface area contributed by atoms with Crippen molar-refractivity contribution in [1.82, 2.24) is 10.3 Å². The third-order valence-corrected chi connectivity index (χ3v) is 7.19. The summed E-state index contributed by atoms with van der Waals surface area (Å²) in [6.45, 7) is 0.421. The number of primary amides is 1. The van der Waals surface area contributed by atoms with Crippen LogP contribution in [0.5, 0.6) is 11.5 Å². The number of carbonyl (C=O) groups is 2. The van der Waals surface area contributed by atoms with E-state index in [4.69, 9.17) is 15.2 Å². The second-order valence-electron chi connectivity index (χ2n) is 9.29. The quantitative estimate of drug-likeness (QED) is 0.546. The van der Waals surface area contributed by atoms with Gasteiger partial charge in [0.05, 0.1) is 24.6 Å². The van der Waals surface area contributed by atoms with Crippen LogP contribution in [0.25, 0.3) is 11.1 Å². The van der Waals surface area contributed by atoms with Crippen LogP contribution in [0.1, 0.15) is 47.2 Å². The molecule has 2 amide bonds. The Hall–Kier alpha value is -3.87. The molecule has 1 aromatic heterocycles. The van der Waals surface area contributed by atoms with E-state index in [-0.39, 0.29) is 12.0 Å². The Kier molecular flexibility index (Phi) is 6.16. The Morgan fingerprint density at radius 1 is 1.14 bits per heavy atom. The molecule has 1 aliphatic heterocycles. The highest BCUT2D eigenvalue weighted by atomic mass is 16.5. The van der Waals surface area contributed by atoms with Gasteiger partial charge in [-0.25, -0.2) is 0 Å². The number of rotatable bonds is 7. The smallest absolute Gasteiger partial charge is 0.250 e. The molecule has 0 radical (unpaired) electrons. The van der Waals surface area contributed by atoms with Crippen LogP contribution in [0.15, 0.2) is 60.9 Å². The molecule has 1 atom stereocenters. The zero-order chi connectivity index (χ0) is 24.4. The van der Waals surface area contributed by atoms with E-state index < -0.39 is 11.3 Å². The minimum absolute atomic E-state index is 0.0540. The number of nitrogens with zero attached hydrogens (tertiary/aromatic N) is 1. The van der Waals surface area contributed by atoms with Crippen LogP contribution in [0.2, 0.25) is 0 Å². The Morgan fingerprint density at radius 3 is 2.63 bits per heavy atom. The highest BCUT2D eigenvalue weighted by molar-refractivity contribution is 5.94. The first-order valence-electron chi connectivity index (χ1n) is 12.0. The number of nitrogens with two attached hydrogens (primary N) is 1. The Balaban J connectivity index is 1.30. The van der Waals surface area contributed by atoms with Crippen molar-refractivity contribution in [2.75, 3.05) is 13.7 Å². The number of fused-ring (bicyclic) bond motifs is 1. The molecule has 1 fully saturated rings.